The van der Waals surface area contributed by atoms with Crippen LogP contribution in [0.15, 0.2) is 41.0 Å². The molecule has 2 heterocycles. The molecule has 21 heavy (non-hydrogen) atoms. The Hall–Kier alpha value is -1.85. The average Bonchev–Trinajstić information content (AvgIpc) is 2.82. The van der Waals surface area contributed by atoms with Crippen molar-refractivity contribution in [2.45, 2.75) is 6.92 Å². The maximum atomic E-state index is 11.3. The molecule has 0 saturated carbocycles. The van der Waals surface area contributed by atoms with E-state index in [-0.39, 0.29) is 10.7 Å². The van der Waals surface area contributed by atoms with Crippen molar-refractivity contribution in [2.24, 2.45) is 0 Å². The molecule has 0 bridgehead atoms. The van der Waals surface area contributed by atoms with Gasteiger partial charge in [0.2, 0.25) is 0 Å². The molecule has 0 aliphatic rings. The van der Waals surface area contributed by atoms with Crippen LogP contribution in [-0.2, 0) is 0 Å². The van der Waals surface area contributed by atoms with E-state index in [1.807, 2.05) is 24.3 Å². The summed E-state index contributed by atoms with van der Waals surface area (Å²) in [7, 11) is 0. The van der Waals surface area contributed by atoms with Gasteiger partial charge in [0.05, 0.1) is 11.3 Å². The van der Waals surface area contributed by atoms with E-state index in [1.54, 1.807) is 23.6 Å². The van der Waals surface area contributed by atoms with Gasteiger partial charge in [-0.05, 0) is 30.7 Å². The van der Waals surface area contributed by atoms with Crippen LogP contribution in [0.1, 0.15) is 15.9 Å². The lowest BCUT2D eigenvalue weighted by Crippen LogP contribution is -2.04. The van der Waals surface area contributed by atoms with E-state index in [4.69, 9.17) is 11.6 Å². The molecule has 4 nitrogen and oxygen atoms in total. The van der Waals surface area contributed by atoms with Gasteiger partial charge in [-0.3, -0.25) is 4.40 Å². The average molecular weight is 366 g/mol. The van der Waals surface area contributed by atoms with Gasteiger partial charge in [0.1, 0.15) is 10.8 Å². The largest absolute Gasteiger partial charge is 0.478 e. The van der Waals surface area contributed by atoms with Crippen LogP contribution in [0, 0.1) is 6.92 Å². The van der Waals surface area contributed by atoms with Gasteiger partial charge in [-0.1, -0.05) is 39.7 Å². The van der Waals surface area contributed by atoms with Crippen molar-refractivity contribution in [3.05, 3.63) is 57.3 Å². The van der Waals surface area contributed by atoms with E-state index < -0.39 is 5.97 Å². The van der Waals surface area contributed by atoms with Gasteiger partial charge in [-0.25, -0.2) is 9.78 Å². The molecule has 0 spiro atoms. The lowest BCUT2D eigenvalue weighted by molar-refractivity contribution is 0.0696. The molecule has 0 radical (unpaired) electrons. The fourth-order valence-corrected chi connectivity index (χ4v) is 3.01. The number of carboxylic acids is 1. The predicted molar refractivity (Wildman–Crippen MR) is 85.0 cm³/mol. The smallest absolute Gasteiger partial charge is 0.339 e. The van der Waals surface area contributed by atoms with Crippen LogP contribution in [-0.4, -0.2) is 20.5 Å². The van der Waals surface area contributed by atoms with Crippen molar-refractivity contribution < 1.29 is 9.90 Å². The molecule has 2 aromatic heterocycles. The molecule has 3 aromatic rings. The Morgan fingerprint density at radius 3 is 2.81 bits per heavy atom. The number of benzene rings is 1. The molecule has 0 unspecified atom stereocenters. The number of carboxylic acid groups (broad SMARTS) is 1. The van der Waals surface area contributed by atoms with Crippen LogP contribution in [0.3, 0.4) is 0 Å². The Balaban J connectivity index is 2.26. The topological polar surface area (TPSA) is 54.6 Å². The number of aromatic nitrogens is 2. The van der Waals surface area contributed by atoms with Crippen molar-refractivity contribution in [1.29, 1.82) is 0 Å². The highest BCUT2D eigenvalue weighted by Gasteiger charge is 2.17. The summed E-state index contributed by atoms with van der Waals surface area (Å²) in [5, 5.41) is 9.40. The molecule has 0 saturated heterocycles. The molecule has 0 atom stereocenters. The van der Waals surface area contributed by atoms with Gasteiger partial charge >= 0.3 is 5.97 Å². The summed E-state index contributed by atoms with van der Waals surface area (Å²) in [4.78, 5) is 15.8. The van der Waals surface area contributed by atoms with Gasteiger partial charge in [-0.2, -0.15) is 0 Å². The third-order valence-electron chi connectivity index (χ3n) is 3.23. The van der Waals surface area contributed by atoms with Gasteiger partial charge in [-0.15, -0.1) is 0 Å². The van der Waals surface area contributed by atoms with E-state index in [0.717, 1.165) is 15.7 Å². The molecule has 1 N–H and O–H groups in total. The second kappa shape index (κ2) is 5.16. The van der Waals surface area contributed by atoms with Crippen LogP contribution in [0.5, 0.6) is 0 Å². The predicted octanol–water partition coefficient (Wildman–Crippen LogP) is 4.42. The fraction of sp³-hybridized carbons (Fsp3) is 0.0667. The quantitative estimate of drug-likeness (QED) is 0.684. The van der Waals surface area contributed by atoms with Crippen LogP contribution in [0.2, 0.25) is 5.15 Å². The first kappa shape index (κ1) is 14.1. The third-order valence-corrected chi connectivity index (χ3v) is 4.09. The summed E-state index contributed by atoms with van der Waals surface area (Å²) in [6, 6.07) is 9.45. The lowest BCUT2D eigenvalue weighted by Gasteiger charge is -2.05. The van der Waals surface area contributed by atoms with E-state index in [2.05, 4.69) is 20.9 Å². The Morgan fingerprint density at radius 1 is 1.38 bits per heavy atom. The van der Waals surface area contributed by atoms with E-state index in [1.165, 1.54) is 0 Å². The molecule has 0 amide bonds. The van der Waals surface area contributed by atoms with E-state index >= 15 is 0 Å². The molecule has 6 heteroatoms. The summed E-state index contributed by atoms with van der Waals surface area (Å²) < 4.78 is 2.54. The normalized spacial score (nSPS) is 11.0. The number of aromatic carboxylic acids is 1. The second-order valence-electron chi connectivity index (χ2n) is 4.66. The number of hydrogen-bond donors (Lipinski definition) is 1. The molecular weight excluding hydrogens is 356 g/mol. The molecule has 106 valence electrons. The highest BCUT2D eigenvalue weighted by atomic mass is 79.9. The van der Waals surface area contributed by atoms with Gasteiger partial charge in [0, 0.05) is 16.2 Å². The van der Waals surface area contributed by atoms with Crippen LogP contribution in [0.4, 0.5) is 0 Å². The summed E-state index contributed by atoms with van der Waals surface area (Å²) in [6.45, 7) is 1.71. The molecule has 1 aromatic carbocycles. The first-order chi connectivity index (χ1) is 9.97. The van der Waals surface area contributed by atoms with Gasteiger partial charge < -0.3 is 5.11 Å². The number of rotatable bonds is 2. The summed E-state index contributed by atoms with van der Waals surface area (Å²) >= 11 is 9.63. The van der Waals surface area contributed by atoms with Crippen LogP contribution >= 0.6 is 27.5 Å². The molecule has 0 aliphatic heterocycles. The number of pyridine rings is 1. The van der Waals surface area contributed by atoms with Crippen molar-refractivity contribution in [3.8, 4) is 11.3 Å². The monoisotopic (exact) mass is 364 g/mol. The highest BCUT2D eigenvalue weighted by Crippen LogP contribution is 2.27. The van der Waals surface area contributed by atoms with Crippen molar-refractivity contribution >= 4 is 39.1 Å². The van der Waals surface area contributed by atoms with Gasteiger partial charge in [0.15, 0.2) is 0 Å². The number of hydrogen-bond acceptors (Lipinski definition) is 2. The Labute approximate surface area is 134 Å². The first-order valence-corrected chi connectivity index (χ1v) is 7.32. The lowest BCUT2D eigenvalue weighted by atomic mass is 10.1. The summed E-state index contributed by atoms with van der Waals surface area (Å²) in [5.41, 5.74) is 2.98. The Kier molecular flexibility index (Phi) is 3.47. The Bertz CT molecular complexity index is 873. The third kappa shape index (κ3) is 2.43. The van der Waals surface area contributed by atoms with Crippen molar-refractivity contribution in [1.82, 2.24) is 9.38 Å². The maximum Gasteiger partial charge on any atom is 0.339 e. The second-order valence-corrected chi connectivity index (χ2v) is 5.94. The molecule has 3 rings (SSSR count). The summed E-state index contributed by atoms with van der Waals surface area (Å²) in [5.74, 6) is -1.04. The zero-order chi connectivity index (χ0) is 15.1. The number of halogens is 2. The molecule has 0 aliphatic carbocycles. The number of imidazole rings is 1. The number of nitrogens with zero attached hydrogens (tertiary/aromatic N) is 2. The molecular formula is C15H10BrClN2O2. The maximum absolute atomic E-state index is 11.3. The number of aryl methyl sites for hydroxylation is 1. The fourth-order valence-electron chi connectivity index (χ4n) is 2.25. The minimum Gasteiger partial charge on any atom is -0.478 e. The Morgan fingerprint density at radius 2 is 2.14 bits per heavy atom. The van der Waals surface area contributed by atoms with Crippen molar-refractivity contribution in [2.75, 3.05) is 0 Å². The van der Waals surface area contributed by atoms with Crippen LogP contribution in [0.25, 0.3) is 16.9 Å². The minimum atomic E-state index is -1.04. The van der Waals surface area contributed by atoms with Crippen molar-refractivity contribution in [3.63, 3.8) is 0 Å². The standard InChI is InChI=1S/C15H10BrClN2O2/c1-8-5-12-18-11(9-3-2-4-10(16)6-9)7-19(12)14(17)13(8)15(20)21/h2-7H,1H3,(H,20,21). The number of carbonyl (C=O) groups is 1. The highest BCUT2D eigenvalue weighted by molar-refractivity contribution is 9.10. The number of fused-ring (bicyclic) bond motifs is 1. The van der Waals surface area contributed by atoms with E-state index in [9.17, 15) is 9.90 Å². The SMILES string of the molecule is Cc1cc2nc(-c3cccc(Br)c3)cn2c(Cl)c1C(=O)O. The molecule has 0 fully saturated rings. The zero-order valence-corrected chi connectivity index (χ0v) is 13.3. The van der Waals surface area contributed by atoms with E-state index in [0.29, 0.717) is 11.2 Å². The van der Waals surface area contributed by atoms with Crippen LogP contribution < -0.4 is 0 Å². The van der Waals surface area contributed by atoms with Gasteiger partial charge in [0.25, 0.3) is 0 Å². The first-order valence-electron chi connectivity index (χ1n) is 6.15. The zero-order valence-electron chi connectivity index (χ0n) is 11.0. The summed E-state index contributed by atoms with van der Waals surface area (Å²) in [6.07, 6.45) is 1.74. The minimum absolute atomic E-state index is 0.0994.